The average molecular weight is 385 g/mol. The van der Waals surface area contributed by atoms with E-state index in [0.29, 0.717) is 0 Å². The van der Waals surface area contributed by atoms with Crippen molar-refractivity contribution < 1.29 is 9.53 Å². The SMILES string of the molecule is CN(C)c1ccc(/C=C(\C#N)C(=O)OCc2cccc(Br)c2)cc1. The lowest BCUT2D eigenvalue weighted by atomic mass is 10.1. The number of carbonyl (C=O) groups is 1. The topological polar surface area (TPSA) is 53.3 Å². The third kappa shape index (κ3) is 4.97. The number of rotatable bonds is 5. The molecule has 0 heterocycles. The molecular formula is C19H17BrN2O2. The third-order valence-corrected chi connectivity index (χ3v) is 3.81. The third-order valence-electron chi connectivity index (χ3n) is 3.32. The second-order valence-corrected chi connectivity index (χ2v) is 6.28. The second kappa shape index (κ2) is 8.32. The molecule has 0 aliphatic rings. The zero-order chi connectivity index (χ0) is 17.5. The van der Waals surface area contributed by atoms with E-state index in [0.717, 1.165) is 21.3 Å². The second-order valence-electron chi connectivity index (χ2n) is 5.36. The van der Waals surface area contributed by atoms with Gasteiger partial charge in [-0.05, 0) is 41.5 Å². The number of carbonyl (C=O) groups excluding carboxylic acids is 1. The summed E-state index contributed by atoms with van der Waals surface area (Å²) in [6.07, 6.45) is 1.53. The van der Waals surface area contributed by atoms with E-state index in [1.54, 1.807) is 0 Å². The highest BCUT2D eigenvalue weighted by Crippen LogP contribution is 2.16. The summed E-state index contributed by atoms with van der Waals surface area (Å²) in [5, 5.41) is 9.21. The summed E-state index contributed by atoms with van der Waals surface area (Å²) in [6, 6.07) is 16.9. The smallest absolute Gasteiger partial charge is 0.349 e. The molecule has 0 aliphatic heterocycles. The van der Waals surface area contributed by atoms with Gasteiger partial charge in [0.15, 0.2) is 0 Å². The van der Waals surface area contributed by atoms with Gasteiger partial charge in [0.25, 0.3) is 0 Å². The molecule has 122 valence electrons. The van der Waals surface area contributed by atoms with Crippen LogP contribution < -0.4 is 4.90 Å². The Labute approximate surface area is 150 Å². The van der Waals surface area contributed by atoms with Crippen LogP contribution in [0.15, 0.2) is 58.6 Å². The van der Waals surface area contributed by atoms with Gasteiger partial charge in [-0.25, -0.2) is 4.79 Å². The molecule has 2 aromatic carbocycles. The van der Waals surface area contributed by atoms with Gasteiger partial charge in [0.1, 0.15) is 18.2 Å². The maximum Gasteiger partial charge on any atom is 0.349 e. The summed E-state index contributed by atoms with van der Waals surface area (Å²) in [5.41, 5.74) is 2.65. The summed E-state index contributed by atoms with van der Waals surface area (Å²) < 4.78 is 6.12. The van der Waals surface area contributed by atoms with Crippen LogP contribution in [0.2, 0.25) is 0 Å². The van der Waals surface area contributed by atoms with Crippen molar-refractivity contribution >= 4 is 33.7 Å². The molecule has 0 radical (unpaired) electrons. The van der Waals surface area contributed by atoms with Crippen LogP contribution in [0.3, 0.4) is 0 Å². The van der Waals surface area contributed by atoms with E-state index in [4.69, 9.17) is 4.74 Å². The molecule has 0 amide bonds. The van der Waals surface area contributed by atoms with Crippen LogP contribution in [0.1, 0.15) is 11.1 Å². The summed E-state index contributed by atoms with van der Waals surface area (Å²) in [4.78, 5) is 14.1. The molecule has 0 aromatic heterocycles. The molecule has 4 nitrogen and oxygen atoms in total. The van der Waals surface area contributed by atoms with Gasteiger partial charge in [-0.2, -0.15) is 5.26 Å². The molecule has 0 aliphatic carbocycles. The Kier molecular flexibility index (Phi) is 6.16. The number of halogens is 1. The Morgan fingerprint density at radius 1 is 1.25 bits per heavy atom. The van der Waals surface area contributed by atoms with Gasteiger partial charge in [0, 0.05) is 24.3 Å². The fraction of sp³-hybridized carbons (Fsp3) is 0.158. The van der Waals surface area contributed by atoms with Gasteiger partial charge in [-0.1, -0.05) is 40.2 Å². The number of anilines is 1. The van der Waals surface area contributed by atoms with Crippen molar-refractivity contribution in [2.45, 2.75) is 6.61 Å². The normalized spacial score (nSPS) is 10.8. The van der Waals surface area contributed by atoms with E-state index in [-0.39, 0.29) is 12.2 Å². The Morgan fingerprint density at radius 2 is 1.96 bits per heavy atom. The molecule has 0 N–H and O–H groups in total. The molecule has 5 heteroatoms. The van der Waals surface area contributed by atoms with Crippen LogP contribution in [0.5, 0.6) is 0 Å². The van der Waals surface area contributed by atoms with E-state index in [9.17, 15) is 10.1 Å². The molecular weight excluding hydrogens is 368 g/mol. The van der Waals surface area contributed by atoms with E-state index in [2.05, 4.69) is 15.9 Å². The Morgan fingerprint density at radius 3 is 2.54 bits per heavy atom. The first-order valence-corrected chi connectivity index (χ1v) is 8.09. The van der Waals surface area contributed by atoms with Gasteiger partial charge < -0.3 is 9.64 Å². The summed E-state index contributed by atoms with van der Waals surface area (Å²) in [5.74, 6) is -0.630. The van der Waals surface area contributed by atoms with Crippen molar-refractivity contribution in [2.75, 3.05) is 19.0 Å². The minimum absolute atomic E-state index is 0.0254. The van der Waals surface area contributed by atoms with Crippen molar-refractivity contribution in [1.82, 2.24) is 0 Å². The predicted molar refractivity (Wildman–Crippen MR) is 98.3 cm³/mol. The van der Waals surface area contributed by atoms with E-state index in [1.165, 1.54) is 6.08 Å². The maximum atomic E-state index is 12.1. The van der Waals surface area contributed by atoms with Crippen molar-refractivity contribution in [3.8, 4) is 6.07 Å². The van der Waals surface area contributed by atoms with Gasteiger partial charge in [-0.15, -0.1) is 0 Å². The fourth-order valence-electron chi connectivity index (χ4n) is 2.03. The molecule has 0 saturated carbocycles. The number of hydrogen-bond acceptors (Lipinski definition) is 4. The van der Waals surface area contributed by atoms with Gasteiger partial charge in [0.05, 0.1) is 0 Å². The van der Waals surface area contributed by atoms with Crippen LogP contribution in [-0.2, 0) is 16.1 Å². The highest BCUT2D eigenvalue weighted by molar-refractivity contribution is 9.10. The van der Waals surface area contributed by atoms with E-state index < -0.39 is 5.97 Å². The van der Waals surface area contributed by atoms with Gasteiger partial charge in [0.2, 0.25) is 0 Å². The lowest BCUT2D eigenvalue weighted by Gasteiger charge is -2.11. The van der Waals surface area contributed by atoms with Crippen LogP contribution in [0.25, 0.3) is 6.08 Å². The highest BCUT2D eigenvalue weighted by Gasteiger charge is 2.11. The molecule has 0 fully saturated rings. The molecule has 0 saturated heterocycles. The van der Waals surface area contributed by atoms with Crippen molar-refractivity contribution in [3.05, 3.63) is 69.7 Å². The number of hydrogen-bond donors (Lipinski definition) is 0. The van der Waals surface area contributed by atoms with Crippen LogP contribution in [0, 0.1) is 11.3 Å². The maximum absolute atomic E-state index is 12.1. The summed E-state index contributed by atoms with van der Waals surface area (Å²) in [7, 11) is 3.90. The first kappa shape index (κ1) is 17.8. The zero-order valence-electron chi connectivity index (χ0n) is 13.5. The number of nitrogens with zero attached hydrogens (tertiary/aromatic N) is 2. The number of benzene rings is 2. The molecule has 24 heavy (non-hydrogen) atoms. The fourth-order valence-corrected chi connectivity index (χ4v) is 2.47. The van der Waals surface area contributed by atoms with Crippen LogP contribution >= 0.6 is 15.9 Å². The molecule has 2 aromatic rings. The number of esters is 1. The minimum Gasteiger partial charge on any atom is -0.457 e. The zero-order valence-corrected chi connectivity index (χ0v) is 15.1. The molecule has 0 spiro atoms. The predicted octanol–water partition coefficient (Wildman–Crippen LogP) is 4.17. The van der Waals surface area contributed by atoms with Crippen molar-refractivity contribution in [3.63, 3.8) is 0 Å². The Hall–Kier alpha value is -2.58. The minimum atomic E-state index is -0.630. The average Bonchev–Trinajstić information content (AvgIpc) is 2.58. The van der Waals surface area contributed by atoms with Crippen molar-refractivity contribution in [1.29, 1.82) is 5.26 Å². The lowest BCUT2D eigenvalue weighted by molar-refractivity contribution is -0.139. The number of nitriles is 1. The largest absolute Gasteiger partial charge is 0.457 e. The van der Waals surface area contributed by atoms with E-state index >= 15 is 0 Å². The lowest BCUT2D eigenvalue weighted by Crippen LogP contribution is -2.08. The summed E-state index contributed by atoms with van der Waals surface area (Å²) in [6.45, 7) is 0.122. The Balaban J connectivity index is 2.06. The van der Waals surface area contributed by atoms with Crippen molar-refractivity contribution in [2.24, 2.45) is 0 Å². The molecule has 0 unspecified atom stereocenters. The first-order chi connectivity index (χ1) is 11.5. The van der Waals surface area contributed by atoms with Crippen LogP contribution in [0.4, 0.5) is 5.69 Å². The molecule has 0 atom stereocenters. The van der Waals surface area contributed by atoms with Gasteiger partial charge in [-0.3, -0.25) is 0 Å². The first-order valence-electron chi connectivity index (χ1n) is 7.30. The van der Waals surface area contributed by atoms with Gasteiger partial charge >= 0.3 is 5.97 Å². The quantitative estimate of drug-likeness (QED) is 0.441. The monoisotopic (exact) mass is 384 g/mol. The van der Waals surface area contributed by atoms with Crippen LogP contribution in [-0.4, -0.2) is 20.1 Å². The Bertz CT molecular complexity index is 790. The van der Waals surface area contributed by atoms with E-state index in [1.807, 2.05) is 73.6 Å². The number of ether oxygens (including phenoxy) is 1. The molecule has 0 bridgehead atoms. The standard InChI is InChI=1S/C19H17BrN2O2/c1-22(2)18-8-6-14(7-9-18)10-16(12-21)19(23)24-13-15-4-3-5-17(20)11-15/h3-11H,13H2,1-2H3/b16-10+. The summed E-state index contributed by atoms with van der Waals surface area (Å²) >= 11 is 3.36. The molecule has 2 rings (SSSR count). The highest BCUT2D eigenvalue weighted by atomic mass is 79.9.